The Bertz CT molecular complexity index is 731. The molecular formula is C24H37N3S2. The summed E-state index contributed by atoms with van der Waals surface area (Å²) in [5.74, 6) is 2.65. The summed E-state index contributed by atoms with van der Waals surface area (Å²) in [7, 11) is 0. The second-order valence-corrected chi connectivity index (χ2v) is 9.31. The molecule has 0 aromatic carbocycles. The van der Waals surface area contributed by atoms with Gasteiger partial charge in [0.1, 0.15) is 5.82 Å². The van der Waals surface area contributed by atoms with Crippen LogP contribution in [0.2, 0.25) is 0 Å². The first-order valence-corrected chi connectivity index (χ1v) is 11.9. The molecule has 29 heavy (non-hydrogen) atoms. The molecule has 1 aromatic rings. The zero-order valence-electron chi connectivity index (χ0n) is 18.6. The van der Waals surface area contributed by atoms with E-state index in [1.54, 1.807) is 6.20 Å². The van der Waals surface area contributed by atoms with E-state index in [0.29, 0.717) is 4.99 Å². The second-order valence-electron chi connectivity index (χ2n) is 7.77. The summed E-state index contributed by atoms with van der Waals surface area (Å²) < 4.78 is 0. The number of nitrogens with zero attached hydrogens (tertiary/aromatic N) is 1. The zero-order valence-corrected chi connectivity index (χ0v) is 20.3. The molecule has 0 bridgehead atoms. The first-order chi connectivity index (χ1) is 13.8. The van der Waals surface area contributed by atoms with Gasteiger partial charge in [-0.2, -0.15) is 11.8 Å². The van der Waals surface area contributed by atoms with Crippen LogP contribution in [-0.2, 0) is 0 Å². The van der Waals surface area contributed by atoms with Crippen LogP contribution >= 0.6 is 24.0 Å². The van der Waals surface area contributed by atoms with Gasteiger partial charge in [0.05, 0.1) is 11.0 Å². The Hall–Kier alpha value is -1.59. The molecule has 0 aliphatic carbocycles. The Balaban J connectivity index is 2.36. The van der Waals surface area contributed by atoms with Crippen LogP contribution in [0.25, 0.3) is 0 Å². The van der Waals surface area contributed by atoms with Crippen molar-refractivity contribution in [1.82, 2.24) is 4.98 Å². The Morgan fingerprint density at radius 1 is 1.14 bits per heavy atom. The van der Waals surface area contributed by atoms with Gasteiger partial charge in [-0.25, -0.2) is 4.98 Å². The maximum absolute atomic E-state index is 5.92. The maximum atomic E-state index is 5.92. The Morgan fingerprint density at radius 3 is 2.41 bits per heavy atom. The number of hydrogen-bond acceptors (Lipinski definition) is 4. The highest BCUT2D eigenvalue weighted by Gasteiger charge is 2.13. The molecule has 0 spiro atoms. The summed E-state index contributed by atoms with van der Waals surface area (Å²) in [5, 5.41) is 3.37. The summed E-state index contributed by atoms with van der Waals surface area (Å²) in [6.07, 6.45) is 13.3. The highest BCUT2D eigenvalue weighted by Crippen LogP contribution is 2.15. The van der Waals surface area contributed by atoms with Crippen molar-refractivity contribution in [3.8, 4) is 0 Å². The minimum atomic E-state index is -0.0521. The summed E-state index contributed by atoms with van der Waals surface area (Å²) in [4.78, 5) is 4.86. The van der Waals surface area contributed by atoms with Crippen molar-refractivity contribution >= 4 is 34.8 Å². The number of allylic oxidation sites excluding steroid dienone is 5. The van der Waals surface area contributed by atoms with Gasteiger partial charge in [-0.05, 0) is 71.9 Å². The number of rotatable bonds is 13. The molecule has 0 radical (unpaired) electrons. The minimum Gasteiger partial charge on any atom is -0.392 e. The minimum absolute atomic E-state index is 0.0521. The van der Waals surface area contributed by atoms with Gasteiger partial charge in [-0.1, -0.05) is 53.2 Å². The fourth-order valence-electron chi connectivity index (χ4n) is 2.72. The highest BCUT2D eigenvalue weighted by atomic mass is 32.2. The molecule has 3 N–H and O–H groups in total. The quantitative estimate of drug-likeness (QED) is 0.209. The van der Waals surface area contributed by atoms with E-state index in [9.17, 15) is 0 Å². The predicted molar refractivity (Wildman–Crippen MR) is 136 cm³/mol. The molecule has 160 valence electrons. The number of aromatic nitrogens is 1. The molecule has 1 atom stereocenters. The summed E-state index contributed by atoms with van der Waals surface area (Å²) in [6, 6.07) is 3.91. The van der Waals surface area contributed by atoms with Crippen molar-refractivity contribution in [3.63, 3.8) is 0 Å². The van der Waals surface area contributed by atoms with Crippen LogP contribution in [0.4, 0.5) is 5.82 Å². The lowest BCUT2D eigenvalue weighted by molar-refractivity contribution is 0.917. The number of nitrogens with one attached hydrogen (secondary N) is 1. The molecule has 5 heteroatoms. The summed E-state index contributed by atoms with van der Waals surface area (Å²) in [6.45, 7) is 10.8. The number of nitrogens with two attached hydrogens (primary N) is 1. The van der Waals surface area contributed by atoms with Gasteiger partial charge in [-0.15, -0.1) is 0 Å². The van der Waals surface area contributed by atoms with E-state index in [-0.39, 0.29) is 6.04 Å². The predicted octanol–water partition coefficient (Wildman–Crippen LogP) is 6.61. The highest BCUT2D eigenvalue weighted by molar-refractivity contribution is 7.99. The van der Waals surface area contributed by atoms with Gasteiger partial charge in [0, 0.05) is 17.7 Å². The lowest BCUT2D eigenvalue weighted by Gasteiger charge is -2.18. The van der Waals surface area contributed by atoms with Crippen LogP contribution in [0, 0.1) is 6.92 Å². The van der Waals surface area contributed by atoms with Crippen molar-refractivity contribution in [2.24, 2.45) is 5.73 Å². The smallest absolute Gasteiger partial charge is 0.129 e. The number of hydrogen-bond donors (Lipinski definition) is 2. The third kappa shape index (κ3) is 11.9. The molecule has 0 fully saturated rings. The summed E-state index contributed by atoms with van der Waals surface area (Å²) >= 11 is 7.08. The first-order valence-electron chi connectivity index (χ1n) is 10.3. The number of aryl methyl sites for hydroxylation is 1. The van der Waals surface area contributed by atoms with E-state index < -0.39 is 0 Å². The molecule has 1 unspecified atom stereocenters. The third-order valence-corrected chi connectivity index (χ3v) is 5.88. The van der Waals surface area contributed by atoms with Gasteiger partial charge in [0.2, 0.25) is 0 Å². The monoisotopic (exact) mass is 431 g/mol. The normalized spacial score (nSPS) is 13.1. The molecular weight excluding hydrogens is 394 g/mol. The van der Waals surface area contributed by atoms with Crippen molar-refractivity contribution in [1.29, 1.82) is 0 Å². The van der Waals surface area contributed by atoms with Crippen molar-refractivity contribution in [2.75, 3.05) is 16.8 Å². The van der Waals surface area contributed by atoms with E-state index in [0.717, 1.165) is 48.6 Å². The number of thiocarbonyl (C=S) groups is 1. The van der Waals surface area contributed by atoms with E-state index in [1.165, 1.54) is 16.7 Å². The van der Waals surface area contributed by atoms with Gasteiger partial charge in [0.25, 0.3) is 0 Å². The number of thioether (sulfide) groups is 1. The average Bonchev–Trinajstić information content (AvgIpc) is 2.65. The molecule has 0 saturated heterocycles. The van der Waals surface area contributed by atoms with Crippen LogP contribution in [0.3, 0.4) is 0 Å². The fourth-order valence-corrected chi connectivity index (χ4v) is 4.01. The molecule has 0 aliphatic heterocycles. The molecule has 1 heterocycles. The first kappa shape index (κ1) is 25.4. The average molecular weight is 432 g/mol. The molecule has 3 nitrogen and oxygen atoms in total. The van der Waals surface area contributed by atoms with Crippen LogP contribution in [0.5, 0.6) is 0 Å². The Kier molecular flexibility index (Phi) is 12.6. The fraction of sp³-hybridized carbons (Fsp3) is 0.500. The van der Waals surface area contributed by atoms with Crippen LogP contribution in [-0.4, -0.2) is 27.5 Å². The van der Waals surface area contributed by atoms with Crippen molar-refractivity contribution in [3.05, 3.63) is 58.8 Å². The Morgan fingerprint density at radius 2 is 1.79 bits per heavy atom. The van der Waals surface area contributed by atoms with Crippen LogP contribution in [0.15, 0.2) is 53.3 Å². The zero-order chi connectivity index (χ0) is 21.6. The van der Waals surface area contributed by atoms with Crippen LogP contribution in [0.1, 0.15) is 58.9 Å². The van der Waals surface area contributed by atoms with Gasteiger partial charge in [0.15, 0.2) is 0 Å². The van der Waals surface area contributed by atoms with Gasteiger partial charge < -0.3 is 11.1 Å². The molecule has 1 aromatic heterocycles. The lowest BCUT2D eigenvalue weighted by Crippen LogP contribution is -2.36. The maximum Gasteiger partial charge on any atom is 0.129 e. The van der Waals surface area contributed by atoms with E-state index in [1.807, 2.05) is 30.8 Å². The van der Waals surface area contributed by atoms with Crippen LogP contribution < -0.4 is 11.1 Å². The standard InChI is InChI=1S/C24H37N3S2/c1-18(2)9-6-10-19(3)11-7-12-20(4)14-16-29-17-22(23(25)28)27-24-21(5)13-8-15-26-24/h8-9,11,13-15,22H,6-7,10,12,16-17H2,1-5H3,(H2,25,28)(H,26,27)/b19-11+,20-14+. The molecule has 0 amide bonds. The SMILES string of the molecule is CC(C)=CCC/C(C)=C/CC/C(C)=C/CSCC(Nc1ncccc1C)C(N)=S. The molecule has 0 saturated carbocycles. The third-order valence-electron chi connectivity index (χ3n) is 4.62. The van der Waals surface area contributed by atoms with Gasteiger partial charge >= 0.3 is 0 Å². The Labute approximate surface area is 187 Å². The number of pyridine rings is 1. The number of anilines is 1. The topological polar surface area (TPSA) is 50.9 Å². The molecule has 0 aliphatic rings. The second kappa shape index (κ2) is 14.4. The molecule has 1 rings (SSSR count). The van der Waals surface area contributed by atoms with Crippen molar-refractivity contribution in [2.45, 2.75) is 66.3 Å². The van der Waals surface area contributed by atoms with Gasteiger partial charge in [-0.3, -0.25) is 0 Å². The largest absolute Gasteiger partial charge is 0.392 e. The summed E-state index contributed by atoms with van der Waals surface area (Å²) in [5.41, 5.74) is 11.3. The van der Waals surface area contributed by atoms with E-state index in [4.69, 9.17) is 18.0 Å². The van der Waals surface area contributed by atoms with E-state index >= 15 is 0 Å². The van der Waals surface area contributed by atoms with Crippen molar-refractivity contribution < 1.29 is 0 Å². The lowest BCUT2D eigenvalue weighted by atomic mass is 10.1. The van der Waals surface area contributed by atoms with E-state index in [2.05, 4.69) is 56.2 Å².